The van der Waals surface area contributed by atoms with Crippen molar-refractivity contribution in [2.45, 2.75) is 19.9 Å². The fraction of sp³-hybridized carbons (Fsp3) is 0.231. The van der Waals surface area contributed by atoms with Crippen molar-refractivity contribution in [1.29, 1.82) is 0 Å². The molecule has 0 aliphatic rings. The van der Waals surface area contributed by atoms with Crippen molar-refractivity contribution < 1.29 is 4.79 Å². The van der Waals surface area contributed by atoms with Crippen LogP contribution >= 0.6 is 34.8 Å². The van der Waals surface area contributed by atoms with Gasteiger partial charge in [-0.3, -0.25) is 9.48 Å². The number of nitrogens with zero attached hydrogens (tertiary/aromatic N) is 2. The van der Waals surface area contributed by atoms with E-state index in [-0.39, 0.29) is 5.91 Å². The minimum Gasteiger partial charge on any atom is -0.308 e. The number of hydrogen-bond acceptors (Lipinski definition) is 2. The van der Waals surface area contributed by atoms with Crippen LogP contribution in [-0.4, -0.2) is 15.7 Å². The molecule has 0 saturated carbocycles. The second-order valence-electron chi connectivity index (χ2n) is 4.17. The summed E-state index contributed by atoms with van der Waals surface area (Å²) in [4.78, 5) is 11.3. The molecule has 106 valence electrons. The normalized spacial score (nSPS) is 10.6. The fourth-order valence-corrected chi connectivity index (χ4v) is 2.13. The largest absolute Gasteiger partial charge is 0.308 e. The van der Waals surface area contributed by atoms with Crippen molar-refractivity contribution in [2.75, 3.05) is 5.32 Å². The molecular weight excluding hydrogens is 321 g/mol. The van der Waals surface area contributed by atoms with E-state index in [1.807, 2.05) is 6.07 Å². The molecule has 1 aromatic carbocycles. The molecular formula is C13H12Cl3N3O. The Morgan fingerprint density at radius 1 is 1.25 bits per heavy atom. The maximum absolute atomic E-state index is 11.3. The topological polar surface area (TPSA) is 46.9 Å². The summed E-state index contributed by atoms with van der Waals surface area (Å²) in [7, 11) is 0. The standard InChI is InChI=1S/C13H12Cl3N3O/c1-2-12(20)17-13-11(16)7-19(18-13)6-8-3-4-9(14)10(15)5-8/h3-5,7H,2,6H2,1H3,(H,17,18,20). The number of hydrogen-bond donors (Lipinski definition) is 1. The fourth-order valence-electron chi connectivity index (χ4n) is 1.61. The van der Waals surface area contributed by atoms with E-state index in [1.54, 1.807) is 29.9 Å². The molecule has 1 aromatic heterocycles. The maximum Gasteiger partial charge on any atom is 0.225 e. The minimum atomic E-state index is -0.133. The summed E-state index contributed by atoms with van der Waals surface area (Å²) in [5, 5.41) is 8.25. The number of rotatable bonds is 4. The average Bonchev–Trinajstić information content (AvgIpc) is 2.74. The lowest BCUT2D eigenvalue weighted by Crippen LogP contribution is -2.11. The Hall–Kier alpha value is -1.23. The Bertz CT molecular complexity index is 640. The second kappa shape index (κ2) is 6.48. The van der Waals surface area contributed by atoms with Crippen molar-refractivity contribution >= 4 is 46.5 Å². The molecule has 0 atom stereocenters. The number of nitrogens with one attached hydrogen (secondary N) is 1. The summed E-state index contributed by atoms with van der Waals surface area (Å²) in [5.41, 5.74) is 0.937. The molecule has 1 heterocycles. The third-order valence-electron chi connectivity index (χ3n) is 2.62. The highest BCUT2D eigenvalue weighted by atomic mass is 35.5. The molecule has 0 fully saturated rings. The van der Waals surface area contributed by atoms with E-state index in [1.165, 1.54) is 0 Å². The second-order valence-corrected chi connectivity index (χ2v) is 5.40. The van der Waals surface area contributed by atoms with Crippen LogP contribution in [0.4, 0.5) is 5.82 Å². The predicted octanol–water partition coefficient (Wildman–Crippen LogP) is 4.24. The molecule has 0 saturated heterocycles. The van der Waals surface area contributed by atoms with Gasteiger partial charge in [0.15, 0.2) is 5.82 Å². The van der Waals surface area contributed by atoms with Crippen molar-refractivity contribution in [3.63, 3.8) is 0 Å². The molecule has 1 N–H and O–H groups in total. The van der Waals surface area contributed by atoms with Crippen LogP contribution in [0.25, 0.3) is 0 Å². The lowest BCUT2D eigenvalue weighted by molar-refractivity contribution is -0.115. The molecule has 7 heteroatoms. The Morgan fingerprint density at radius 3 is 2.65 bits per heavy atom. The van der Waals surface area contributed by atoms with Gasteiger partial charge in [0.05, 0.1) is 16.6 Å². The monoisotopic (exact) mass is 331 g/mol. The van der Waals surface area contributed by atoms with Gasteiger partial charge in [0.25, 0.3) is 0 Å². The van der Waals surface area contributed by atoms with Crippen LogP contribution in [-0.2, 0) is 11.3 Å². The third-order valence-corrected chi connectivity index (χ3v) is 3.64. The minimum absolute atomic E-state index is 0.133. The number of carbonyl (C=O) groups excluding carboxylic acids is 1. The molecule has 0 spiro atoms. The summed E-state index contributed by atoms with van der Waals surface area (Å²) in [6.45, 7) is 2.24. The number of benzene rings is 1. The first-order valence-corrected chi connectivity index (χ1v) is 7.09. The zero-order valence-electron chi connectivity index (χ0n) is 10.7. The quantitative estimate of drug-likeness (QED) is 0.910. The van der Waals surface area contributed by atoms with Crippen molar-refractivity contribution in [3.05, 3.63) is 45.0 Å². The van der Waals surface area contributed by atoms with Crippen molar-refractivity contribution in [3.8, 4) is 0 Å². The van der Waals surface area contributed by atoms with Gasteiger partial charge in [0.1, 0.15) is 5.02 Å². The highest BCUT2D eigenvalue weighted by Crippen LogP contribution is 2.24. The van der Waals surface area contributed by atoms with E-state index in [0.717, 1.165) is 5.56 Å². The third kappa shape index (κ3) is 3.66. The van der Waals surface area contributed by atoms with Crippen LogP contribution in [0, 0.1) is 0 Å². The highest BCUT2D eigenvalue weighted by molar-refractivity contribution is 6.42. The Balaban J connectivity index is 2.15. The van der Waals surface area contributed by atoms with Gasteiger partial charge in [-0.05, 0) is 17.7 Å². The smallest absolute Gasteiger partial charge is 0.225 e. The summed E-state index contributed by atoms with van der Waals surface area (Å²) >= 11 is 17.8. The van der Waals surface area contributed by atoms with E-state index >= 15 is 0 Å². The van der Waals surface area contributed by atoms with E-state index in [2.05, 4.69) is 10.4 Å². The van der Waals surface area contributed by atoms with Gasteiger partial charge in [-0.1, -0.05) is 47.8 Å². The summed E-state index contributed by atoms with van der Waals surface area (Å²) in [6.07, 6.45) is 2.02. The molecule has 1 amide bonds. The SMILES string of the molecule is CCC(=O)Nc1nn(Cc2ccc(Cl)c(Cl)c2)cc1Cl. The molecule has 20 heavy (non-hydrogen) atoms. The van der Waals surface area contributed by atoms with Crippen LogP contribution in [0.15, 0.2) is 24.4 Å². The first-order valence-electron chi connectivity index (χ1n) is 5.96. The van der Waals surface area contributed by atoms with E-state index in [0.29, 0.717) is 33.9 Å². The summed E-state index contributed by atoms with van der Waals surface area (Å²) < 4.78 is 1.63. The zero-order chi connectivity index (χ0) is 14.7. The van der Waals surface area contributed by atoms with E-state index < -0.39 is 0 Å². The molecule has 4 nitrogen and oxygen atoms in total. The van der Waals surface area contributed by atoms with Crippen LogP contribution in [0.1, 0.15) is 18.9 Å². The van der Waals surface area contributed by atoms with Gasteiger partial charge in [-0.25, -0.2) is 0 Å². The Morgan fingerprint density at radius 2 is 2.00 bits per heavy atom. The van der Waals surface area contributed by atoms with Crippen LogP contribution in [0.2, 0.25) is 15.1 Å². The highest BCUT2D eigenvalue weighted by Gasteiger charge is 2.10. The Labute approximate surface area is 131 Å². The lowest BCUT2D eigenvalue weighted by atomic mass is 10.2. The van der Waals surface area contributed by atoms with Crippen LogP contribution in [0.3, 0.4) is 0 Å². The number of amides is 1. The number of halogens is 3. The first-order chi connectivity index (χ1) is 9.49. The van der Waals surface area contributed by atoms with Crippen LogP contribution < -0.4 is 5.32 Å². The van der Waals surface area contributed by atoms with E-state index in [9.17, 15) is 4.79 Å². The molecule has 0 aliphatic carbocycles. The number of carbonyl (C=O) groups is 1. The van der Waals surface area contributed by atoms with Gasteiger partial charge in [0, 0.05) is 12.6 Å². The van der Waals surface area contributed by atoms with Crippen molar-refractivity contribution in [1.82, 2.24) is 9.78 Å². The van der Waals surface area contributed by atoms with Gasteiger partial charge in [-0.15, -0.1) is 0 Å². The van der Waals surface area contributed by atoms with Gasteiger partial charge in [-0.2, -0.15) is 5.10 Å². The Kier molecular flexibility index (Phi) is 4.91. The maximum atomic E-state index is 11.3. The predicted molar refractivity (Wildman–Crippen MR) is 81.7 cm³/mol. The lowest BCUT2D eigenvalue weighted by Gasteiger charge is -2.03. The van der Waals surface area contributed by atoms with Gasteiger partial charge >= 0.3 is 0 Å². The van der Waals surface area contributed by atoms with Gasteiger partial charge in [0.2, 0.25) is 5.91 Å². The molecule has 0 bridgehead atoms. The summed E-state index contributed by atoms with van der Waals surface area (Å²) in [5.74, 6) is 0.227. The van der Waals surface area contributed by atoms with E-state index in [4.69, 9.17) is 34.8 Å². The van der Waals surface area contributed by atoms with Gasteiger partial charge < -0.3 is 5.32 Å². The zero-order valence-corrected chi connectivity index (χ0v) is 12.9. The molecule has 0 unspecified atom stereocenters. The van der Waals surface area contributed by atoms with Crippen LogP contribution in [0.5, 0.6) is 0 Å². The molecule has 2 aromatic rings. The first kappa shape index (κ1) is 15.2. The molecule has 0 aliphatic heterocycles. The number of aromatic nitrogens is 2. The summed E-state index contributed by atoms with van der Waals surface area (Å²) in [6, 6.07) is 5.35. The molecule has 2 rings (SSSR count). The number of anilines is 1. The average molecular weight is 333 g/mol. The van der Waals surface area contributed by atoms with Crippen molar-refractivity contribution in [2.24, 2.45) is 0 Å². The molecule has 0 radical (unpaired) electrons.